The summed E-state index contributed by atoms with van der Waals surface area (Å²) in [5, 5.41) is 0. The maximum absolute atomic E-state index is 6.16. The molecular formula is C16H23N3O2. The minimum absolute atomic E-state index is 0.180. The fraction of sp³-hybridized carbons (Fsp3) is 0.562. The summed E-state index contributed by atoms with van der Waals surface area (Å²) in [6.07, 6.45) is 3.38. The summed E-state index contributed by atoms with van der Waals surface area (Å²) < 4.78 is 13.7. The molecule has 0 aliphatic carbocycles. The Morgan fingerprint density at radius 3 is 3.10 bits per heavy atom. The van der Waals surface area contributed by atoms with Crippen molar-refractivity contribution >= 4 is 17.0 Å². The van der Waals surface area contributed by atoms with E-state index in [1.54, 1.807) is 0 Å². The van der Waals surface area contributed by atoms with E-state index in [4.69, 9.17) is 15.2 Å². The number of hydrogen-bond donors (Lipinski definition) is 1. The molecule has 2 aromatic rings. The van der Waals surface area contributed by atoms with Crippen LogP contribution in [0.2, 0.25) is 0 Å². The summed E-state index contributed by atoms with van der Waals surface area (Å²) in [5.74, 6) is 1.33. The molecule has 1 aromatic heterocycles. The lowest BCUT2D eigenvalue weighted by Gasteiger charge is -2.21. The number of para-hydroxylation sites is 1. The second-order valence-corrected chi connectivity index (χ2v) is 5.60. The van der Waals surface area contributed by atoms with Crippen molar-refractivity contribution in [3.8, 4) is 5.75 Å². The first-order chi connectivity index (χ1) is 10.2. The van der Waals surface area contributed by atoms with E-state index in [2.05, 4.69) is 23.4 Å². The zero-order chi connectivity index (χ0) is 14.8. The molecule has 2 N–H and O–H groups in total. The molecule has 1 aromatic carbocycles. The number of ether oxygens (including phenoxy) is 2. The smallest absolute Gasteiger partial charge is 0.201 e. The van der Waals surface area contributed by atoms with Gasteiger partial charge in [0, 0.05) is 6.61 Å². The van der Waals surface area contributed by atoms with Crippen molar-refractivity contribution in [2.45, 2.75) is 45.3 Å². The monoisotopic (exact) mass is 289 g/mol. The van der Waals surface area contributed by atoms with Crippen molar-refractivity contribution in [2.75, 3.05) is 18.9 Å². The molecule has 5 heteroatoms. The third kappa shape index (κ3) is 2.58. The van der Waals surface area contributed by atoms with Gasteiger partial charge >= 0.3 is 0 Å². The van der Waals surface area contributed by atoms with Crippen molar-refractivity contribution in [3.05, 3.63) is 18.2 Å². The molecule has 0 saturated carbocycles. The van der Waals surface area contributed by atoms with Gasteiger partial charge in [-0.2, -0.15) is 0 Å². The number of hydrogen-bond acceptors (Lipinski definition) is 4. The van der Waals surface area contributed by atoms with Gasteiger partial charge in [-0.05, 0) is 38.3 Å². The molecule has 1 aliphatic heterocycles. The van der Waals surface area contributed by atoms with Gasteiger partial charge in [-0.15, -0.1) is 0 Å². The van der Waals surface area contributed by atoms with E-state index in [0.717, 1.165) is 42.7 Å². The molecule has 2 atom stereocenters. The zero-order valence-corrected chi connectivity index (χ0v) is 12.7. The van der Waals surface area contributed by atoms with Crippen LogP contribution < -0.4 is 10.5 Å². The van der Waals surface area contributed by atoms with Gasteiger partial charge in [-0.25, -0.2) is 4.98 Å². The van der Waals surface area contributed by atoms with Crippen LogP contribution in [0.3, 0.4) is 0 Å². The lowest BCUT2D eigenvalue weighted by atomic mass is 10.1. The highest BCUT2D eigenvalue weighted by Crippen LogP contribution is 2.33. The highest BCUT2D eigenvalue weighted by molar-refractivity contribution is 5.84. The molecule has 5 nitrogen and oxygen atoms in total. The minimum Gasteiger partial charge on any atom is -0.491 e. The number of imidazole rings is 1. The molecule has 21 heavy (non-hydrogen) atoms. The molecule has 0 bridgehead atoms. The van der Waals surface area contributed by atoms with Gasteiger partial charge in [-0.3, -0.25) is 0 Å². The Bertz CT molecular complexity index is 617. The maximum atomic E-state index is 6.16. The number of rotatable bonds is 5. The molecule has 114 valence electrons. The summed E-state index contributed by atoms with van der Waals surface area (Å²) in [4.78, 5) is 4.52. The summed E-state index contributed by atoms with van der Waals surface area (Å²) in [7, 11) is 0. The van der Waals surface area contributed by atoms with Crippen LogP contribution in [0.4, 0.5) is 5.95 Å². The maximum Gasteiger partial charge on any atom is 0.201 e. The number of aromatic nitrogens is 2. The second kappa shape index (κ2) is 5.93. The van der Waals surface area contributed by atoms with Crippen molar-refractivity contribution in [1.29, 1.82) is 0 Å². The second-order valence-electron chi connectivity index (χ2n) is 5.60. The summed E-state index contributed by atoms with van der Waals surface area (Å²) in [6.45, 7) is 5.76. The Hall–Kier alpha value is -1.75. The van der Waals surface area contributed by atoms with Crippen LogP contribution in [-0.2, 0) is 4.74 Å². The molecule has 0 amide bonds. The molecule has 0 radical (unpaired) electrons. The summed E-state index contributed by atoms with van der Waals surface area (Å²) >= 11 is 0. The van der Waals surface area contributed by atoms with E-state index in [1.165, 1.54) is 0 Å². The van der Waals surface area contributed by atoms with Crippen LogP contribution in [0, 0.1) is 0 Å². The van der Waals surface area contributed by atoms with Gasteiger partial charge in [0.2, 0.25) is 5.95 Å². The number of anilines is 1. The van der Waals surface area contributed by atoms with Gasteiger partial charge in [-0.1, -0.05) is 13.0 Å². The summed E-state index contributed by atoms with van der Waals surface area (Å²) in [6, 6.07) is 6.17. The van der Waals surface area contributed by atoms with Crippen molar-refractivity contribution < 1.29 is 9.47 Å². The van der Waals surface area contributed by atoms with Crippen LogP contribution in [0.1, 0.15) is 39.2 Å². The van der Waals surface area contributed by atoms with Crippen LogP contribution in [0.25, 0.3) is 11.0 Å². The van der Waals surface area contributed by atoms with Gasteiger partial charge in [0.15, 0.2) is 0 Å². The number of fused-ring (bicyclic) bond motifs is 1. The van der Waals surface area contributed by atoms with Crippen LogP contribution >= 0.6 is 0 Å². The fourth-order valence-corrected chi connectivity index (χ4v) is 3.02. The van der Waals surface area contributed by atoms with Crippen LogP contribution in [-0.4, -0.2) is 28.9 Å². The lowest BCUT2D eigenvalue weighted by Crippen LogP contribution is -2.22. The van der Waals surface area contributed by atoms with Crippen LogP contribution in [0.15, 0.2) is 18.2 Å². The van der Waals surface area contributed by atoms with Crippen molar-refractivity contribution in [3.63, 3.8) is 0 Å². The minimum atomic E-state index is 0.180. The number of nitrogens with two attached hydrogens (primary N) is 1. The normalized spacial score (nSPS) is 20.0. The fourth-order valence-electron chi connectivity index (χ4n) is 3.02. The highest BCUT2D eigenvalue weighted by atomic mass is 16.5. The molecule has 2 unspecified atom stereocenters. The molecule has 0 spiro atoms. The number of nitrogens with zero attached hydrogens (tertiary/aromatic N) is 2. The topological polar surface area (TPSA) is 62.3 Å². The molecular weight excluding hydrogens is 266 g/mol. The predicted octanol–water partition coefficient (Wildman–Crippen LogP) is 3.15. The highest BCUT2D eigenvalue weighted by Gasteiger charge is 2.27. The van der Waals surface area contributed by atoms with E-state index in [1.807, 2.05) is 18.2 Å². The Balaban J connectivity index is 2.00. The van der Waals surface area contributed by atoms with Gasteiger partial charge < -0.3 is 19.8 Å². The van der Waals surface area contributed by atoms with Crippen LogP contribution in [0.5, 0.6) is 5.75 Å². The molecule has 3 rings (SSSR count). The third-order valence-corrected chi connectivity index (χ3v) is 4.08. The van der Waals surface area contributed by atoms with Gasteiger partial charge in [0.05, 0.1) is 24.3 Å². The Kier molecular flexibility index (Phi) is 4.01. The molecule has 1 aliphatic rings. The first-order valence-corrected chi connectivity index (χ1v) is 7.73. The van der Waals surface area contributed by atoms with Crippen molar-refractivity contribution in [2.24, 2.45) is 0 Å². The Morgan fingerprint density at radius 2 is 2.38 bits per heavy atom. The molecule has 2 heterocycles. The summed E-state index contributed by atoms with van der Waals surface area (Å²) in [5.41, 5.74) is 8.02. The zero-order valence-electron chi connectivity index (χ0n) is 12.7. The number of benzene rings is 1. The Morgan fingerprint density at radius 1 is 1.52 bits per heavy atom. The SMILES string of the molecule is CCCOc1cccc2c1nc(N)n2C(C)C1CCCO1. The average molecular weight is 289 g/mol. The quantitative estimate of drug-likeness (QED) is 0.918. The Labute approximate surface area is 125 Å². The lowest BCUT2D eigenvalue weighted by molar-refractivity contribution is 0.0751. The molecule has 1 saturated heterocycles. The van der Waals surface area contributed by atoms with E-state index < -0.39 is 0 Å². The largest absolute Gasteiger partial charge is 0.491 e. The predicted molar refractivity (Wildman–Crippen MR) is 83.6 cm³/mol. The third-order valence-electron chi connectivity index (χ3n) is 4.08. The average Bonchev–Trinajstić information content (AvgIpc) is 3.11. The van der Waals surface area contributed by atoms with E-state index >= 15 is 0 Å². The van der Waals surface area contributed by atoms with Crippen molar-refractivity contribution in [1.82, 2.24) is 9.55 Å². The first-order valence-electron chi connectivity index (χ1n) is 7.73. The molecule has 1 fully saturated rings. The first kappa shape index (κ1) is 14.2. The van der Waals surface area contributed by atoms with E-state index in [0.29, 0.717) is 12.6 Å². The van der Waals surface area contributed by atoms with E-state index in [-0.39, 0.29) is 12.1 Å². The number of nitrogen functional groups attached to an aromatic ring is 1. The standard InChI is InChI=1S/C16H23N3O2/c1-3-9-20-14-7-4-6-12-15(14)18-16(17)19(12)11(2)13-8-5-10-21-13/h4,6-7,11,13H,3,5,8-10H2,1-2H3,(H2,17,18). The van der Waals surface area contributed by atoms with Gasteiger partial charge in [0.25, 0.3) is 0 Å². The van der Waals surface area contributed by atoms with E-state index in [9.17, 15) is 0 Å². The van der Waals surface area contributed by atoms with Gasteiger partial charge in [0.1, 0.15) is 11.3 Å².